The molecule has 31 heavy (non-hydrogen) atoms. The summed E-state index contributed by atoms with van der Waals surface area (Å²) in [5.41, 5.74) is 4.76. The van der Waals surface area contributed by atoms with Gasteiger partial charge in [0.15, 0.2) is 5.60 Å². The van der Waals surface area contributed by atoms with E-state index in [9.17, 15) is 19.8 Å². The number of hydrogen-bond acceptors (Lipinski definition) is 8. The second-order valence-electron chi connectivity index (χ2n) is 6.70. The lowest BCUT2D eigenvalue weighted by Gasteiger charge is -2.36. The second-order valence-corrected chi connectivity index (χ2v) is 6.70. The summed E-state index contributed by atoms with van der Waals surface area (Å²) in [4.78, 5) is 22.2. The lowest BCUT2D eigenvalue weighted by molar-refractivity contribution is 0.0224. The molecule has 158 valence electrons. The molecule has 0 radical (unpaired) electrons. The van der Waals surface area contributed by atoms with E-state index in [0.29, 0.717) is 33.8 Å². The monoisotopic (exact) mass is 422 g/mol. The van der Waals surface area contributed by atoms with Gasteiger partial charge < -0.3 is 19.7 Å². The molecule has 0 fully saturated rings. The molecule has 0 aromatic heterocycles. The summed E-state index contributed by atoms with van der Waals surface area (Å²) in [7, 11) is 0. The number of nitrogens with one attached hydrogen (secondary N) is 2. The number of urea groups is 1. The summed E-state index contributed by atoms with van der Waals surface area (Å²) in [6.45, 7) is 0. The van der Waals surface area contributed by atoms with Gasteiger partial charge in [-0.25, -0.2) is 21.3 Å². The normalized spacial score (nSPS) is 14.1. The summed E-state index contributed by atoms with van der Waals surface area (Å²) in [6, 6.07) is 16.0. The summed E-state index contributed by atoms with van der Waals surface area (Å²) >= 11 is 0. The van der Waals surface area contributed by atoms with Gasteiger partial charge in [0, 0.05) is 28.8 Å². The van der Waals surface area contributed by atoms with Crippen LogP contribution in [0.15, 0.2) is 60.7 Å². The molecule has 1 spiro atoms. The maximum atomic E-state index is 12.5. The lowest BCUT2D eigenvalue weighted by Crippen LogP contribution is -2.43. The number of rotatable bonds is 0. The number of hydrazine groups is 2. The van der Waals surface area contributed by atoms with Gasteiger partial charge >= 0.3 is 12.0 Å². The topological polar surface area (TPSA) is 169 Å². The number of phenolic OH excluding ortho intramolecular Hbond substituents is 2. The average Bonchev–Trinajstić information content (AvgIpc) is 3.06. The Labute approximate surface area is 175 Å². The van der Waals surface area contributed by atoms with Crippen molar-refractivity contribution in [1.82, 2.24) is 10.9 Å². The van der Waals surface area contributed by atoms with E-state index in [1.54, 1.807) is 35.1 Å². The maximum absolute atomic E-state index is 12.5. The van der Waals surface area contributed by atoms with E-state index < -0.39 is 17.6 Å². The zero-order chi connectivity index (χ0) is 22.2. The van der Waals surface area contributed by atoms with E-state index in [0.717, 1.165) is 0 Å². The molecule has 0 saturated carbocycles. The van der Waals surface area contributed by atoms with Gasteiger partial charge in [0.25, 0.3) is 0 Å². The Balaban J connectivity index is 0.000000342. The first kappa shape index (κ1) is 20.0. The first-order valence-electron chi connectivity index (χ1n) is 9.05. The number of aromatic hydroxyl groups is 2. The van der Waals surface area contributed by atoms with Crippen molar-refractivity contribution in [2.75, 3.05) is 0 Å². The van der Waals surface area contributed by atoms with Crippen molar-refractivity contribution in [1.29, 1.82) is 0 Å². The Morgan fingerprint density at radius 1 is 0.839 bits per heavy atom. The van der Waals surface area contributed by atoms with Crippen LogP contribution in [-0.4, -0.2) is 22.2 Å². The highest BCUT2D eigenvalue weighted by Gasteiger charge is 2.53. The minimum absolute atomic E-state index is 0.0371. The fraction of sp³-hybridized carbons (Fsp3) is 0.0476. The first-order chi connectivity index (χ1) is 14.9. The largest absolute Gasteiger partial charge is 0.508 e. The van der Waals surface area contributed by atoms with E-state index >= 15 is 0 Å². The number of amides is 2. The lowest BCUT2D eigenvalue weighted by atomic mass is 9.77. The molecule has 3 aromatic rings. The molecular formula is C21H18N4O6. The summed E-state index contributed by atoms with van der Waals surface area (Å²) in [5, 5.41) is 19.7. The molecule has 2 amide bonds. The third-order valence-electron chi connectivity index (χ3n) is 4.94. The fourth-order valence-electron chi connectivity index (χ4n) is 3.70. The number of carbonyl (C=O) groups is 2. The molecule has 0 atom stereocenters. The SMILES string of the molecule is NNC(=O)NN.O=C1OC2(c3ccc(O)cc3Oc3cc(O)ccc32)c2ccccc21. The number of nitrogens with two attached hydrogens (primary N) is 2. The predicted octanol–water partition coefficient (Wildman–Crippen LogP) is 1.70. The van der Waals surface area contributed by atoms with Crippen molar-refractivity contribution in [3.8, 4) is 23.0 Å². The van der Waals surface area contributed by atoms with Gasteiger partial charge in [-0.2, -0.15) is 0 Å². The van der Waals surface area contributed by atoms with Crippen LogP contribution in [0.1, 0.15) is 27.0 Å². The standard InChI is InChI=1S/C20H12O5.CH6N4O/c21-11-5-7-15-17(9-11)24-18-10-12(22)6-8-16(18)20(15)14-4-2-1-3-13(14)19(23)25-20;2-4-1(6)5-3/h1-10,21-22H;2-3H2,(H2,4,5,6). The van der Waals surface area contributed by atoms with Crippen molar-refractivity contribution in [3.05, 3.63) is 82.9 Å². The highest BCUT2D eigenvalue weighted by Crippen LogP contribution is 2.56. The van der Waals surface area contributed by atoms with E-state index in [1.165, 1.54) is 24.3 Å². The summed E-state index contributed by atoms with van der Waals surface area (Å²) in [6.07, 6.45) is 0. The smallest absolute Gasteiger partial charge is 0.343 e. The number of hydrogen-bond donors (Lipinski definition) is 6. The highest BCUT2D eigenvalue weighted by atomic mass is 16.6. The Morgan fingerprint density at radius 2 is 1.39 bits per heavy atom. The van der Waals surface area contributed by atoms with Crippen molar-refractivity contribution in [2.24, 2.45) is 11.7 Å². The molecule has 10 heteroatoms. The number of phenols is 2. The van der Waals surface area contributed by atoms with Gasteiger partial charge in [-0.1, -0.05) is 18.2 Å². The molecule has 3 aromatic carbocycles. The minimum Gasteiger partial charge on any atom is -0.508 e. The third-order valence-corrected chi connectivity index (χ3v) is 4.94. The van der Waals surface area contributed by atoms with Gasteiger partial charge in [-0.15, -0.1) is 0 Å². The van der Waals surface area contributed by atoms with Crippen molar-refractivity contribution in [2.45, 2.75) is 5.60 Å². The average molecular weight is 422 g/mol. The van der Waals surface area contributed by atoms with Crippen LogP contribution in [0.5, 0.6) is 23.0 Å². The molecule has 0 unspecified atom stereocenters. The summed E-state index contributed by atoms with van der Waals surface area (Å²) in [5.74, 6) is 9.49. The van der Waals surface area contributed by atoms with Crippen LogP contribution in [0.25, 0.3) is 0 Å². The first-order valence-corrected chi connectivity index (χ1v) is 9.05. The Kier molecular flexibility index (Phi) is 4.85. The van der Waals surface area contributed by atoms with Crippen LogP contribution < -0.4 is 27.3 Å². The van der Waals surface area contributed by atoms with Gasteiger partial charge in [-0.3, -0.25) is 10.9 Å². The predicted molar refractivity (Wildman–Crippen MR) is 108 cm³/mol. The molecule has 0 saturated heterocycles. The van der Waals surface area contributed by atoms with Crippen LogP contribution in [-0.2, 0) is 10.3 Å². The van der Waals surface area contributed by atoms with Crippen LogP contribution in [0, 0.1) is 0 Å². The van der Waals surface area contributed by atoms with E-state index in [4.69, 9.17) is 9.47 Å². The zero-order valence-electron chi connectivity index (χ0n) is 16.0. The quantitative estimate of drug-likeness (QED) is 0.138. The van der Waals surface area contributed by atoms with Crippen LogP contribution in [0.2, 0.25) is 0 Å². The number of ether oxygens (including phenoxy) is 2. The molecule has 2 aliphatic heterocycles. The maximum Gasteiger partial charge on any atom is 0.343 e. The second kappa shape index (κ2) is 7.52. The highest BCUT2D eigenvalue weighted by molar-refractivity contribution is 5.97. The van der Waals surface area contributed by atoms with Gasteiger partial charge in [-0.05, 0) is 30.3 Å². The number of benzene rings is 3. The van der Waals surface area contributed by atoms with E-state index in [2.05, 4.69) is 11.7 Å². The Bertz CT molecular complexity index is 1140. The van der Waals surface area contributed by atoms with Crippen molar-refractivity contribution < 1.29 is 29.3 Å². The van der Waals surface area contributed by atoms with E-state index in [1.807, 2.05) is 12.1 Å². The molecular weight excluding hydrogens is 404 g/mol. The minimum atomic E-state index is -1.17. The molecule has 10 nitrogen and oxygen atoms in total. The summed E-state index contributed by atoms with van der Waals surface area (Å²) < 4.78 is 11.8. The van der Waals surface area contributed by atoms with Gasteiger partial charge in [0.1, 0.15) is 23.0 Å². The fourth-order valence-corrected chi connectivity index (χ4v) is 3.70. The van der Waals surface area contributed by atoms with Crippen LogP contribution in [0.3, 0.4) is 0 Å². The molecule has 8 N–H and O–H groups in total. The van der Waals surface area contributed by atoms with Crippen molar-refractivity contribution in [3.63, 3.8) is 0 Å². The number of carbonyl (C=O) groups excluding carboxylic acids is 2. The Morgan fingerprint density at radius 3 is 1.90 bits per heavy atom. The third kappa shape index (κ3) is 3.16. The van der Waals surface area contributed by atoms with Crippen LogP contribution in [0.4, 0.5) is 4.79 Å². The molecule has 0 aliphatic carbocycles. The zero-order valence-corrected chi connectivity index (χ0v) is 16.0. The van der Waals surface area contributed by atoms with Gasteiger partial charge in [0.05, 0.1) is 5.56 Å². The number of esters is 1. The van der Waals surface area contributed by atoms with Gasteiger partial charge in [0.2, 0.25) is 0 Å². The molecule has 5 rings (SSSR count). The Hall–Kier alpha value is -4.28. The molecule has 0 bridgehead atoms. The van der Waals surface area contributed by atoms with Crippen LogP contribution >= 0.6 is 0 Å². The molecule has 2 heterocycles. The van der Waals surface area contributed by atoms with E-state index in [-0.39, 0.29) is 11.5 Å². The molecule has 2 aliphatic rings. The number of fused-ring (bicyclic) bond motifs is 6. The van der Waals surface area contributed by atoms with Crippen molar-refractivity contribution >= 4 is 12.0 Å².